The molecule has 1 amide bonds. The van der Waals surface area contributed by atoms with E-state index < -0.39 is 30.5 Å². The highest BCUT2D eigenvalue weighted by Gasteiger charge is 2.26. The topological polar surface area (TPSA) is 110 Å². The summed E-state index contributed by atoms with van der Waals surface area (Å²) in [5, 5.41) is 8.40. The molecule has 1 saturated heterocycles. The van der Waals surface area contributed by atoms with E-state index in [0.29, 0.717) is 13.1 Å². The lowest BCUT2D eigenvalue weighted by molar-refractivity contribution is -0.145. The number of carbonyl (C=O) groups excluding carboxylic acids is 2. The molecule has 0 spiro atoms. The van der Waals surface area contributed by atoms with Crippen molar-refractivity contribution in [3.8, 4) is 0 Å². The van der Waals surface area contributed by atoms with Gasteiger partial charge in [0.05, 0.1) is 6.42 Å². The molecule has 3 N–H and O–H groups in total. The molecule has 1 rings (SSSR count). The Labute approximate surface area is 92.1 Å². The third-order valence-corrected chi connectivity index (χ3v) is 2.25. The molecule has 90 valence electrons. The maximum atomic E-state index is 11.3. The largest absolute Gasteiger partial charge is 0.481 e. The van der Waals surface area contributed by atoms with Crippen molar-refractivity contribution in [3.05, 3.63) is 0 Å². The molecule has 1 aliphatic rings. The molecule has 0 bridgehead atoms. The van der Waals surface area contributed by atoms with Crippen molar-refractivity contribution in [2.75, 3.05) is 13.1 Å². The first kappa shape index (κ1) is 12.4. The lowest BCUT2D eigenvalue weighted by Crippen LogP contribution is -2.39. The summed E-state index contributed by atoms with van der Waals surface area (Å²) in [7, 11) is 0. The van der Waals surface area contributed by atoms with E-state index in [2.05, 4.69) is 4.74 Å². The average molecular weight is 230 g/mol. The summed E-state index contributed by atoms with van der Waals surface area (Å²) in [5.74, 6) is -2.21. The van der Waals surface area contributed by atoms with Gasteiger partial charge in [0, 0.05) is 13.1 Å². The Balaban J connectivity index is 2.37. The van der Waals surface area contributed by atoms with Crippen molar-refractivity contribution in [2.24, 2.45) is 5.73 Å². The van der Waals surface area contributed by atoms with E-state index in [1.165, 1.54) is 4.90 Å². The zero-order valence-electron chi connectivity index (χ0n) is 8.72. The van der Waals surface area contributed by atoms with E-state index >= 15 is 0 Å². The highest BCUT2D eigenvalue weighted by molar-refractivity contribution is 5.89. The zero-order chi connectivity index (χ0) is 12.1. The quantitative estimate of drug-likeness (QED) is 0.501. The molecule has 0 radical (unpaired) electrons. The van der Waals surface area contributed by atoms with Gasteiger partial charge < -0.3 is 20.5 Å². The van der Waals surface area contributed by atoms with E-state index in [0.717, 1.165) is 12.8 Å². The molecular formula is C9H14N2O5. The monoisotopic (exact) mass is 230 g/mol. The van der Waals surface area contributed by atoms with Crippen LogP contribution in [0.4, 0.5) is 4.79 Å². The van der Waals surface area contributed by atoms with Crippen molar-refractivity contribution >= 4 is 18.0 Å². The van der Waals surface area contributed by atoms with Crippen LogP contribution in [0.3, 0.4) is 0 Å². The van der Waals surface area contributed by atoms with Crippen molar-refractivity contribution in [3.63, 3.8) is 0 Å². The molecule has 0 aromatic rings. The van der Waals surface area contributed by atoms with E-state index in [9.17, 15) is 14.4 Å². The SMILES string of the molecule is N[C@@H](CC(=O)O)C(=O)OC(=O)N1CCCC1. The van der Waals surface area contributed by atoms with Crippen LogP contribution in [0.1, 0.15) is 19.3 Å². The number of likely N-dealkylation sites (tertiary alicyclic amines) is 1. The molecule has 0 unspecified atom stereocenters. The second-order valence-electron chi connectivity index (χ2n) is 3.59. The van der Waals surface area contributed by atoms with E-state index in [1.807, 2.05) is 0 Å². The van der Waals surface area contributed by atoms with Gasteiger partial charge in [0.25, 0.3) is 0 Å². The smallest absolute Gasteiger partial charge is 0.417 e. The number of carbonyl (C=O) groups is 3. The highest BCUT2D eigenvalue weighted by atomic mass is 16.6. The number of carboxylic acids is 1. The molecule has 0 saturated carbocycles. The second kappa shape index (κ2) is 5.45. The van der Waals surface area contributed by atoms with Crippen LogP contribution in [0.15, 0.2) is 0 Å². The van der Waals surface area contributed by atoms with Crippen molar-refractivity contribution < 1.29 is 24.2 Å². The molecule has 1 aliphatic heterocycles. The molecule has 1 fully saturated rings. The van der Waals surface area contributed by atoms with Gasteiger partial charge in [-0.2, -0.15) is 0 Å². The molecule has 16 heavy (non-hydrogen) atoms. The third kappa shape index (κ3) is 3.50. The number of hydrogen-bond donors (Lipinski definition) is 2. The number of hydrogen-bond acceptors (Lipinski definition) is 5. The normalized spacial score (nSPS) is 16.9. The predicted octanol–water partition coefficient (Wildman–Crippen LogP) is -0.453. The number of esters is 1. The highest BCUT2D eigenvalue weighted by Crippen LogP contribution is 2.09. The van der Waals surface area contributed by atoms with Gasteiger partial charge in [0.2, 0.25) is 0 Å². The van der Waals surface area contributed by atoms with Crippen LogP contribution in [0.5, 0.6) is 0 Å². The summed E-state index contributed by atoms with van der Waals surface area (Å²) in [6.45, 7) is 1.11. The summed E-state index contributed by atoms with van der Waals surface area (Å²) in [6.07, 6.45) is 0.462. The van der Waals surface area contributed by atoms with Crippen LogP contribution < -0.4 is 5.73 Å². The van der Waals surface area contributed by atoms with Crippen LogP contribution in [0, 0.1) is 0 Å². The lowest BCUT2D eigenvalue weighted by Gasteiger charge is -2.15. The Bertz CT molecular complexity index is 298. The molecular weight excluding hydrogens is 216 g/mol. The molecule has 7 heteroatoms. The fourth-order valence-corrected chi connectivity index (χ4v) is 1.40. The molecule has 1 atom stereocenters. The Kier molecular flexibility index (Phi) is 4.24. The van der Waals surface area contributed by atoms with E-state index in [4.69, 9.17) is 10.8 Å². The van der Waals surface area contributed by atoms with Gasteiger partial charge >= 0.3 is 18.0 Å². The van der Waals surface area contributed by atoms with Crippen LogP contribution in [0.25, 0.3) is 0 Å². The van der Waals surface area contributed by atoms with Crippen LogP contribution in [0.2, 0.25) is 0 Å². The van der Waals surface area contributed by atoms with Gasteiger partial charge in [-0.3, -0.25) is 4.79 Å². The minimum Gasteiger partial charge on any atom is -0.481 e. The standard InChI is InChI=1S/C9H14N2O5/c10-6(5-7(12)13)8(14)16-9(15)11-3-1-2-4-11/h6H,1-5,10H2,(H,12,13)/t6-/m0/s1. The van der Waals surface area contributed by atoms with Gasteiger partial charge in [0.15, 0.2) is 0 Å². The first-order valence-electron chi connectivity index (χ1n) is 4.98. The van der Waals surface area contributed by atoms with E-state index in [-0.39, 0.29) is 0 Å². The summed E-state index contributed by atoms with van der Waals surface area (Å²) in [6, 6.07) is -1.30. The summed E-state index contributed by atoms with van der Waals surface area (Å²) in [4.78, 5) is 34.2. The van der Waals surface area contributed by atoms with Crippen molar-refractivity contribution in [1.82, 2.24) is 4.90 Å². The number of rotatable bonds is 3. The Hall–Kier alpha value is -1.63. The van der Waals surface area contributed by atoms with E-state index in [1.54, 1.807) is 0 Å². The maximum absolute atomic E-state index is 11.3. The average Bonchev–Trinajstić information content (AvgIpc) is 2.68. The van der Waals surface area contributed by atoms with Gasteiger partial charge in [-0.1, -0.05) is 0 Å². The predicted molar refractivity (Wildman–Crippen MR) is 52.5 cm³/mol. The van der Waals surface area contributed by atoms with Crippen LogP contribution in [-0.2, 0) is 14.3 Å². The first-order chi connectivity index (χ1) is 7.50. The fraction of sp³-hybridized carbons (Fsp3) is 0.667. The number of aliphatic carboxylic acids is 1. The number of nitrogens with zero attached hydrogens (tertiary/aromatic N) is 1. The third-order valence-electron chi connectivity index (χ3n) is 2.25. The summed E-state index contributed by atoms with van der Waals surface area (Å²) in [5.41, 5.74) is 5.24. The van der Waals surface area contributed by atoms with Gasteiger partial charge in [0.1, 0.15) is 6.04 Å². The lowest BCUT2D eigenvalue weighted by atomic mass is 10.2. The summed E-state index contributed by atoms with van der Waals surface area (Å²) < 4.78 is 4.46. The Morgan fingerprint density at radius 3 is 2.38 bits per heavy atom. The zero-order valence-corrected chi connectivity index (χ0v) is 8.72. The minimum absolute atomic E-state index is 0.549. The number of ether oxygens (including phenoxy) is 1. The Morgan fingerprint density at radius 2 is 1.88 bits per heavy atom. The van der Waals surface area contributed by atoms with Gasteiger partial charge in [-0.15, -0.1) is 0 Å². The molecule has 0 aromatic heterocycles. The number of amides is 1. The van der Waals surface area contributed by atoms with Gasteiger partial charge in [-0.25, -0.2) is 9.59 Å². The second-order valence-corrected chi connectivity index (χ2v) is 3.59. The first-order valence-corrected chi connectivity index (χ1v) is 4.98. The maximum Gasteiger partial charge on any atom is 0.417 e. The Morgan fingerprint density at radius 1 is 1.31 bits per heavy atom. The number of carboxylic acid groups (broad SMARTS) is 1. The fourth-order valence-electron chi connectivity index (χ4n) is 1.40. The minimum atomic E-state index is -1.30. The van der Waals surface area contributed by atoms with Gasteiger partial charge in [-0.05, 0) is 12.8 Å². The molecule has 0 aliphatic carbocycles. The van der Waals surface area contributed by atoms with Crippen molar-refractivity contribution in [2.45, 2.75) is 25.3 Å². The number of nitrogens with two attached hydrogens (primary N) is 1. The molecule has 7 nitrogen and oxygen atoms in total. The van der Waals surface area contributed by atoms with Crippen molar-refractivity contribution in [1.29, 1.82) is 0 Å². The van der Waals surface area contributed by atoms with Crippen LogP contribution >= 0.6 is 0 Å². The van der Waals surface area contributed by atoms with Crippen LogP contribution in [-0.4, -0.2) is 47.2 Å². The molecule has 0 aromatic carbocycles. The molecule has 1 heterocycles. The summed E-state index contributed by atoms with van der Waals surface area (Å²) >= 11 is 0.